The lowest BCUT2D eigenvalue weighted by atomic mass is 10.2. The summed E-state index contributed by atoms with van der Waals surface area (Å²) in [6, 6.07) is 9.66. The second kappa shape index (κ2) is 10.4. The molecular weight excluding hydrogens is 418 g/mol. The summed E-state index contributed by atoms with van der Waals surface area (Å²) in [4.78, 5) is 42.1. The van der Waals surface area contributed by atoms with Gasteiger partial charge in [-0.05, 0) is 25.1 Å². The number of nitrogens with zero attached hydrogens (tertiary/aromatic N) is 2. The van der Waals surface area contributed by atoms with E-state index in [2.05, 4.69) is 10.3 Å². The van der Waals surface area contributed by atoms with Gasteiger partial charge in [0.2, 0.25) is 5.88 Å². The zero-order valence-corrected chi connectivity index (χ0v) is 17.7. The molecule has 2 aromatic rings. The molecule has 1 amide bonds. The number of hydrogen-bond donors (Lipinski definition) is 2. The van der Waals surface area contributed by atoms with E-state index in [4.69, 9.17) is 19.3 Å². The van der Waals surface area contributed by atoms with Crippen molar-refractivity contribution < 1.29 is 33.7 Å². The van der Waals surface area contributed by atoms with Gasteiger partial charge in [0, 0.05) is 30.6 Å². The van der Waals surface area contributed by atoms with E-state index in [1.54, 1.807) is 31.2 Å². The molecule has 0 spiro atoms. The molecule has 0 fully saturated rings. The third-order valence-corrected chi connectivity index (χ3v) is 4.53. The minimum Gasteiger partial charge on any atom is -0.466 e. The highest BCUT2D eigenvalue weighted by atomic mass is 16.5. The zero-order chi connectivity index (χ0) is 23.1. The summed E-state index contributed by atoms with van der Waals surface area (Å²) in [5.41, 5.74) is 1.03. The predicted octanol–water partition coefficient (Wildman–Crippen LogP) is 1.72. The van der Waals surface area contributed by atoms with Crippen LogP contribution in [0.3, 0.4) is 0 Å². The molecule has 1 aromatic heterocycles. The summed E-state index contributed by atoms with van der Waals surface area (Å²) in [6.07, 6.45) is 1.43. The Balaban J connectivity index is 1.80. The van der Waals surface area contributed by atoms with E-state index in [1.165, 1.54) is 30.3 Å². The lowest BCUT2D eigenvalue weighted by molar-refractivity contribution is -0.136. The van der Waals surface area contributed by atoms with Crippen molar-refractivity contribution in [3.8, 4) is 11.6 Å². The van der Waals surface area contributed by atoms with E-state index in [0.29, 0.717) is 17.0 Å². The average Bonchev–Trinajstić information content (AvgIpc) is 3.09. The average molecular weight is 441 g/mol. The first-order chi connectivity index (χ1) is 15.5. The Morgan fingerprint density at radius 1 is 1.22 bits per heavy atom. The molecule has 0 aliphatic carbocycles. The van der Waals surface area contributed by atoms with Crippen molar-refractivity contribution in [3.63, 3.8) is 0 Å². The number of aromatic nitrogens is 1. The van der Waals surface area contributed by atoms with Gasteiger partial charge in [0.05, 0.1) is 38.0 Å². The summed E-state index contributed by atoms with van der Waals surface area (Å²) >= 11 is 0. The zero-order valence-electron chi connectivity index (χ0n) is 17.7. The van der Waals surface area contributed by atoms with E-state index in [1.807, 2.05) is 0 Å². The van der Waals surface area contributed by atoms with E-state index >= 15 is 0 Å². The molecule has 0 atom stereocenters. The van der Waals surface area contributed by atoms with Gasteiger partial charge in [-0.15, -0.1) is 0 Å². The van der Waals surface area contributed by atoms with Crippen molar-refractivity contribution in [3.05, 3.63) is 59.4 Å². The van der Waals surface area contributed by atoms with Crippen LogP contribution in [0.4, 0.5) is 5.69 Å². The van der Waals surface area contributed by atoms with Gasteiger partial charge in [0.25, 0.3) is 5.91 Å². The van der Waals surface area contributed by atoms with Crippen LogP contribution < -0.4 is 10.1 Å². The quantitative estimate of drug-likeness (QED) is 0.559. The van der Waals surface area contributed by atoms with E-state index in [0.717, 1.165) is 0 Å². The number of carbonyl (C=O) groups excluding carboxylic acids is 3. The fourth-order valence-electron chi connectivity index (χ4n) is 3.06. The molecule has 0 bridgehead atoms. The third kappa shape index (κ3) is 5.22. The molecule has 0 saturated carbocycles. The van der Waals surface area contributed by atoms with Crippen LogP contribution in [0.2, 0.25) is 0 Å². The van der Waals surface area contributed by atoms with Gasteiger partial charge < -0.3 is 29.5 Å². The highest BCUT2D eigenvalue weighted by molar-refractivity contribution is 6.08. The largest absolute Gasteiger partial charge is 0.466 e. The van der Waals surface area contributed by atoms with Crippen LogP contribution in [0.15, 0.2) is 53.9 Å². The number of hydrogen-bond acceptors (Lipinski definition) is 9. The molecule has 2 heterocycles. The molecule has 0 radical (unpaired) electrons. The minimum atomic E-state index is -0.631. The van der Waals surface area contributed by atoms with Gasteiger partial charge in [-0.3, -0.25) is 4.79 Å². The Bertz CT molecular complexity index is 1050. The number of aliphatic hydroxyl groups excluding tert-OH is 1. The number of aliphatic hydroxyl groups is 1. The van der Waals surface area contributed by atoms with E-state index in [9.17, 15) is 14.4 Å². The molecule has 3 rings (SSSR count). The fourth-order valence-corrected chi connectivity index (χ4v) is 3.06. The molecule has 32 heavy (non-hydrogen) atoms. The number of β-amino-alcohol motifs (C(OH)–C–C–N with tert-alkyl or cyclic N) is 1. The number of rotatable bonds is 9. The Labute approximate surface area is 184 Å². The molecule has 1 aliphatic rings. The van der Waals surface area contributed by atoms with Crippen molar-refractivity contribution in [2.75, 3.05) is 38.7 Å². The Morgan fingerprint density at radius 3 is 2.75 bits per heavy atom. The molecule has 1 aliphatic heterocycles. The SMILES string of the molecule is CCOC(=O)c1ccnc(Oc2cccc(NC3=C(C(=O)OC)CN(CCO)C3=O)c2)c1. The van der Waals surface area contributed by atoms with Gasteiger partial charge in [0.15, 0.2) is 0 Å². The van der Waals surface area contributed by atoms with Gasteiger partial charge in [-0.1, -0.05) is 6.07 Å². The molecule has 168 valence electrons. The van der Waals surface area contributed by atoms with Gasteiger partial charge >= 0.3 is 11.9 Å². The summed E-state index contributed by atoms with van der Waals surface area (Å²) in [6.45, 7) is 1.87. The Morgan fingerprint density at radius 2 is 2.03 bits per heavy atom. The standard InChI is InChI=1S/C22H23N3O7/c1-3-31-21(28)14-7-8-23-18(11-14)32-16-6-4-5-15(12-16)24-19-17(22(29)30-2)13-25(9-10-26)20(19)27/h4-8,11-12,24,26H,3,9-10,13H2,1-2H3. The Hall–Kier alpha value is -3.92. The number of nitrogens with one attached hydrogen (secondary N) is 1. The smallest absolute Gasteiger partial charge is 0.338 e. The van der Waals surface area contributed by atoms with E-state index < -0.39 is 17.8 Å². The number of anilines is 1. The maximum atomic E-state index is 12.7. The van der Waals surface area contributed by atoms with Crippen molar-refractivity contribution in [1.82, 2.24) is 9.88 Å². The number of esters is 2. The number of carbonyl (C=O) groups is 3. The summed E-state index contributed by atoms with van der Waals surface area (Å²) in [5, 5.41) is 12.1. The lowest BCUT2D eigenvalue weighted by Gasteiger charge is -2.15. The van der Waals surface area contributed by atoms with Crippen LogP contribution in [-0.4, -0.2) is 66.2 Å². The number of benzene rings is 1. The topological polar surface area (TPSA) is 127 Å². The predicted molar refractivity (Wildman–Crippen MR) is 113 cm³/mol. The maximum Gasteiger partial charge on any atom is 0.338 e. The lowest BCUT2D eigenvalue weighted by Crippen LogP contribution is -2.31. The number of ether oxygens (including phenoxy) is 3. The highest BCUT2D eigenvalue weighted by Crippen LogP contribution is 2.27. The van der Waals surface area contributed by atoms with Gasteiger partial charge in [0.1, 0.15) is 11.4 Å². The normalized spacial score (nSPS) is 13.2. The molecule has 10 nitrogen and oxygen atoms in total. The molecule has 0 unspecified atom stereocenters. The van der Waals surface area contributed by atoms with Crippen LogP contribution in [0.1, 0.15) is 17.3 Å². The third-order valence-electron chi connectivity index (χ3n) is 4.53. The van der Waals surface area contributed by atoms with Crippen LogP contribution in [-0.2, 0) is 19.1 Å². The summed E-state index contributed by atoms with van der Waals surface area (Å²) in [7, 11) is 1.23. The monoisotopic (exact) mass is 441 g/mol. The van der Waals surface area contributed by atoms with Gasteiger partial charge in [-0.2, -0.15) is 0 Å². The van der Waals surface area contributed by atoms with Crippen molar-refractivity contribution >= 4 is 23.5 Å². The fraction of sp³-hybridized carbons (Fsp3) is 0.273. The number of methoxy groups -OCH3 is 1. The molecule has 0 saturated heterocycles. The van der Waals surface area contributed by atoms with Crippen LogP contribution in [0, 0.1) is 0 Å². The second-order valence-corrected chi connectivity index (χ2v) is 6.65. The second-order valence-electron chi connectivity index (χ2n) is 6.65. The van der Waals surface area contributed by atoms with Crippen LogP contribution in [0.5, 0.6) is 11.6 Å². The number of amides is 1. The summed E-state index contributed by atoms with van der Waals surface area (Å²) < 4.78 is 15.5. The molecule has 10 heteroatoms. The Kier molecular flexibility index (Phi) is 7.40. The van der Waals surface area contributed by atoms with Crippen molar-refractivity contribution in [2.45, 2.75) is 6.92 Å². The first-order valence-electron chi connectivity index (χ1n) is 9.86. The van der Waals surface area contributed by atoms with E-state index in [-0.39, 0.29) is 43.5 Å². The minimum absolute atomic E-state index is 0.0369. The van der Waals surface area contributed by atoms with Crippen LogP contribution >= 0.6 is 0 Å². The van der Waals surface area contributed by atoms with Crippen molar-refractivity contribution in [2.24, 2.45) is 0 Å². The first kappa shape index (κ1) is 22.8. The number of pyridine rings is 1. The van der Waals surface area contributed by atoms with Crippen LogP contribution in [0.25, 0.3) is 0 Å². The first-order valence-corrected chi connectivity index (χ1v) is 9.86. The van der Waals surface area contributed by atoms with Crippen molar-refractivity contribution in [1.29, 1.82) is 0 Å². The molecular formula is C22H23N3O7. The molecule has 2 N–H and O–H groups in total. The maximum absolute atomic E-state index is 12.7. The summed E-state index contributed by atoms with van der Waals surface area (Å²) in [5.74, 6) is -0.956. The molecule has 1 aromatic carbocycles. The van der Waals surface area contributed by atoms with Gasteiger partial charge in [-0.25, -0.2) is 14.6 Å². The highest BCUT2D eigenvalue weighted by Gasteiger charge is 2.34.